The smallest absolute Gasteiger partial charge is 0.261 e. The fourth-order valence-corrected chi connectivity index (χ4v) is 8.13. The lowest BCUT2D eigenvalue weighted by molar-refractivity contribution is -0.128. The van der Waals surface area contributed by atoms with E-state index in [1.54, 1.807) is 19.3 Å². The Morgan fingerprint density at radius 2 is 2.00 bits per heavy atom. The maximum atomic E-state index is 12.3. The van der Waals surface area contributed by atoms with Crippen LogP contribution in [0.15, 0.2) is 39.6 Å². The summed E-state index contributed by atoms with van der Waals surface area (Å²) in [5, 5.41) is 7.08. The minimum absolute atomic E-state index is 0.0904. The first kappa shape index (κ1) is 23.4. The quantitative estimate of drug-likeness (QED) is 0.566. The highest BCUT2D eigenvalue weighted by Gasteiger charge is 2.59. The van der Waals surface area contributed by atoms with E-state index in [-0.39, 0.29) is 29.3 Å². The first-order chi connectivity index (χ1) is 16.3. The minimum atomic E-state index is -0.208. The number of oxime groups is 1. The van der Waals surface area contributed by atoms with Crippen LogP contribution < -0.4 is 5.32 Å². The number of amides is 1. The van der Waals surface area contributed by atoms with Crippen molar-refractivity contribution in [2.45, 2.75) is 78.7 Å². The van der Waals surface area contributed by atoms with Gasteiger partial charge in [-0.05, 0) is 105 Å². The third-order valence-electron chi connectivity index (χ3n) is 9.89. The second-order valence-electron chi connectivity index (χ2n) is 11.5. The molecule has 0 radical (unpaired) electrons. The Bertz CT molecular complexity index is 996. The van der Waals surface area contributed by atoms with Gasteiger partial charge in [-0.15, -0.1) is 0 Å². The van der Waals surface area contributed by atoms with Crippen LogP contribution in [0, 0.1) is 34.5 Å². The SMILES string of the molecule is CC(=O)[C@H]1CC[C@H]2[C@H]3CCC4=CC(=NOCC(=O)NCc5ccco5)CC[C@]4(C)[C@H]3CC[C@]12C. The number of hydrogen-bond donors (Lipinski definition) is 1. The van der Waals surface area contributed by atoms with Crippen molar-refractivity contribution in [2.24, 2.45) is 39.7 Å². The zero-order valence-electron chi connectivity index (χ0n) is 20.8. The molecule has 1 aromatic rings. The van der Waals surface area contributed by atoms with Crippen molar-refractivity contribution in [1.82, 2.24) is 5.32 Å². The van der Waals surface area contributed by atoms with E-state index in [9.17, 15) is 9.59 Å². The third-order valence-corrected chi connectivity index (χ3v) is 9.89. The van der Waals surface area contributed by atoms with Gasteiger partial charge in [0.15, 0.2) is 6.61 Å². The number of carbonyl (C=O) groups excluding carboxylic acids is 2. The van der Waals surface area contributed by atoms with Crippen molar-refractivity contribution >= 4 is 17.4 Å². The van der Waals surface area contributed by atoms with E-state index >= 15 is 0 Å². The summed E-state index contributed by atoms with van der Waals surface area (Å²) in [5.41, 5.74) is 2.88. The van der Waals surface area contributed by atoms with Crippen LogP contribution >= 0.6 is 0 Å². The number of fused-ring (bicyclic) bond motifs is 5. The van der Waals surface area contributed by atoms with Crippen molar-refractivity contribution in [3.05, 3.63) is 35.8 Å². The highest BCUT2D eigenvalue weighted by molar-refractivity contribution is 5.96. The monoisotopic (exact) mass is 466 g/mol. The van der Waals surface area contributed by atoms with Crippen molar-refractivity contribution in [3.8, 4) is 0 Å². The lowest BCUT2D eigenvalue weighted by Crippen LogP contribution is -2.51. The average Bonchev–Trinajstić information content (AvgIpc) is 3.45. The Hall–Kier alpha value is -2.37. The highest BCUT2D eigenvalue weighted by Crippen LogP contribution is 2.66. The molecule has 34 heavy (non-hydrogen) atoms. The number of Topliss-reactive ketones (excluding diaryl/α,β-unsaturated/α-hetero) is 1. The van der Waals surface area contributed by atoms with Crippen LogP contribution in [0.1, 0.15) is 77.9 Å². The van der Waals surface area contributed by atoms with Gasteiger partial charge in [0.2, 0.25) is 0 Å². The van der Waals surface area contributed by atoms with E-state index in [1.807, 2.05) is 6.07 Å². The molecule has 6 atom stereocenters. The fraction of sp³-hybridized carbons (Fsp3) is 0.679. The summed E-state index contributed by atoms with van der Waals surface area (Å²) in [6.07, 6.45) is 12.9. The predicted molar refractivity (Wildman–Crippen MR) is 130 cm³/mol. The van der Waals surface area contributed by atoms with Crippen molar-refractivity contribution in [1.29, 1.82) is 0 Å². The van der Waals surface area contributed by atoms with E-state index in [1.165, 1.54) is 31.3 Å². The molecule has 4 aliphatic rings. The standard InChI is InChI=1S/C28H38N2O4/c1-18(31)23-8-9-24-22-7-6-19-15-20(10-12-27(19,2)25(22)11-13-28(23,24)3)30-34-17-26(32)29-16-21-5-4-14-33-21/h4-5,14-15,22-25H,6-13,16-17H2,1-3H3,(H,29,32)/t22-,23-,24+,25+,27+,28-/m1/s1. The number of furan rings is 1. The zero-order valence-corrected chi connectivity index (χ0v) is 20.8. The maximum Gasteiger partial charge on any atom is 0.261 e. The largest absolute Gasteiger partial charge is 0.467 e. The second kappa shape index (κ2) is 9.01. The molecule has 184 valence electrons. The fourth-order valence-electron chi connectivity index (χ4n) is 8.13. The Balaban J connectivity index is 1.21. The number of nitrogens with one attached hydrogen (secondary N) is 1. The molecule has 0 unspecified atom stereocenters. The van der Waals surface area contributed by atoms with Gasteiger partial charge in [-0.2, -0.15) is 0 Å². The molecule has 0 aliphatic heterocycles. The van der Waals surface area contributed by atoms with Gasteiger partial charge in [0.25, 0.3) is 5.91 Å². The number of carbonyl (C=O) groups is 2. The molecule has 0 spiro atoms. The van der Waals surface area contributed by atoms with Gasteiger partial charge in [0.05, 0.1) is 18.5 Å². The summed E-state index contributed by atoms with van der Waals surface area (Å²) in [6, 6.07) is 3.62. The van der Waals surface area contributed by atoms with Crippen LogP contribution in [-0.4, -0.2) is 24.0 Å². The van der Waals surface area contributed by atoms with Gasteiger partial charge in [-0.3, -0.25) is 9.59 Å². The Kier molecular flexibility index (Phi) is 6.19. The number of nitrogens with zero attached hydrogens (tertiary/aromatic N) is 1. The summed E-state index contributed by atoms with van der Waals surface area (Å²) < 4.78 is 5.22. The maximum absolute atomic E-state index is 12.3. The summed E-state index contributed by atoms with van der Waals surface area (Å²) in [4.78, 5) is 29.8. The number of rotatable bonds is 6. The van der Waals surface area contributed by atoms with Gasteiger partial charge >= 0.3 is 0 Å². The Morgan fingerprint density at radius 1 is 1.15 bits per heavy atom. The third kappa shape index (κ3) is 4.03. The highest BCUT2D eigenvalue weighted by atomic mass is 16.6. The van der Waals surface area contributed by atoms with Crippen LogP contribution in [0.25, 0.3) is 0 Å². The first-order valence-electron chi connectivity index (χ1n) is 13.0. The van der Waals surface area contributed by atoms with Crippen LogP contribution in [0.2, 0.25) is 0 Å². The molecule has 3 fully saturated rings. The molecule has 6 nitrogen and oxygen atoms in total. The van der Waals surface area contributed by atoms with Gasteiger partial charge < -0.3 is 14.6 Å². The van der Waals surface area contributed by atoms with Crippen LogP contribution in [0.4, 0.5) is 0 Å². The van der Waals surface area contributed by atoms with Crippen molar-refractivity contribution in [2.75, 3.05) is 6.61 Å². The summed E-state index contributed by atoms with van der Waals surface area (Å²) in [5.74, 6) is 3.30. The van der Waals surface area contributed by atoms with E-state index < -0.39 is 0 Å². The summed E-state index contributed by atoms with van der Waals surface area (Å²) in [7, 11) is 0. The van der Waals surface area contributed by atoms with Gasteiger partial charge in [0.1, 0.15) is 11.5 Å². The van der Waals surface area contributed by atoms with Crippen LogP contribution in [0.5, 0.6) is 0 Å². The predicted octanol–water partition coefficient (Wildman–Crippen LogP) is 5.44. The van der Waals surface area contributed by atoms with Gasteiger partial charge in [-0.25, -0.2) is 0 Å². The van der Waals surface area contributed by atoms with Crippen molar-refractivity contribution < 1.29 is 18.8 Å². The first-order valence-corrected chi connectivity index (χ1v) is 13.0. The van der Waals surface area contributed by atoms with Gasteiger partial charge in [-0.1, -0.05) is 24.6 Å². The molecule has 0 saturated heterocycles. The molecule has 0 bridgehead atoms. The Morgan fingerprint density at radius 3 is 2.76 bits per heavy atom. The van der Waals surface area contributed by atoms with Crippen LogP contribution in [-0.2, 0) is 21.0 Å². The number of allylic oxidation sites excluding steroid dienone is 2. The molecule has 1 heterocycles. The normalized spacial score (nSPS) is 37.9. The number of ketones is 1. The summed E-state index contributed by atoms with van der Waals surface area (Å²) >= 11 is 0. The second-order valence-corrected chi connectivity index (χ2v) is 11.5. The molecule has 1 aromatic heterocycles. The van der Waals surface area contributed by atoms with E-state index in [4.69, 9.17) is 9.25 Å². The Labute approximate surface area is 202 Å². The minimum Gasteiger partial charge on any atom is -0.467 e. The van der Waals surface area contributed by atoms with E-state index in [0.717, 1.165) is 37.3 Å². The van der Waals surface area contributed by atoms with E-state index in [0.29, 0.717) is 29.9 Å². The molecule has 5 rings (SSSR count). The molecule has 1 N–H and O–H groups in total. The molecule has 6 heteroatoms. The van der Waals surface area contributed by atoms with Gasteiger partial charge in [0, 0.05) is 5.92 Å². The lowest BCUT2D eigenvalue weighted by atomic mass is 9.46. The molecule has 1 amide bonds. The average molecular weight is 467 g/mol. The summed E-state index contributed by atoms with van der Waals surface area (Å²) in [6.45, 7) is 6.95. The molecule has 4 aliphatic carbocycles. The van der Waals surface area contributed by atoms with Crippen LogP contribution in [0.3, 0.4) is 0 Å². The lowest BCUT2D eigenvalue weighted by Gasteiger charge is -2.58. The zero-order chi connectivity index (χ0) is 23.9. The molecule has 0 aromatic carbocycles. The molecular weight excluding hydrogens is 428 g/mol. The topological polar surface area (TPSA) is 80.9 Å². The van der Waals surface area contributed by atoms with E-state index in [2.05, 4.69) is 30.4 Å². The van der Waals surface area contributed by atoms with Crippen molar-refractivity contribution in [3.63, 3.8) is 0 Å². The number of hydrogen-bond acceptors (Lipinski definition) is 5. The molecular formula is C28H38N2O4. The molecule has 3 saturated carbocycles.